The zero-order valence-electron chi connectivity index (χ0n) is 16.9. The normalized spacial score (nSPS) is 19.4. The standard InChI is InChI=1S/C22H25N7O/c1-3-15-5-4-6-17(11-15)27-21-20-16(7-10-29(20)26-14-25-21)12-28-9-8-19(23)18(13-28)22(30)24-2/h1,4-7,10-11,14,18-19H,8-9,12-13,23H2,2H3,(H,24,30)(H,25,26,27)/t18-,19-/m1/s1. The van der Waals surface area contributed by atoms with Crippen LogP contribution in [0.5, 0.6) is 0 Å². The molecule has 4 N–H and O–H groups in total. The smallest absolute Gasteiger partial charge is 0.225 e. The Morgan fingerprint density at radius 2 is 2.27 bits per heavy atom. The van der Waals surface area contributed by atoms with Gasteiger partial charge in [-0.3, -0.25) is 9.69 Å². The lowest BCUT2D eigenvalue weighted by Crippen LogP contribution is -2.52. The number of carbonyl (C=O) groups is 1. The molecule has 154 valence electrons. The fourth-order valence-corrected chi connectivity index (χ4v) is 3.95. The number of anilines is 2. The molecule has 0 unspecified atom stereocenters. The van der Waals surface area contributed by atoms with Crippen molar-refractivity contribution in [3.8, 4) is 12.3 Å². The Kier molecular flexibility index (Phi) is 5.65. The third-order valence-corrected chi connectivity index (χ3v) is 5.56. The minimum Gasteiger partial charge on any atom is -0.359 e. The average molecular weight is 403 g/mol. The van der Waals surface area contributed by atoms with E-state index in [2.05, 4.69) is 31.5 Å². The van der Waals surface area contributed by atoms with Crippen LogP contribution in [0.1, 0.15) is 17.5 Å². The largest absolute Gasteiger partial charge is 0.359 e. The third kappa shape index (κ3) is 3.99. The number of aromatic nitrogens is 3. The summed E-state index contributed by atoms with van der Waals surface area (Å²) in [6.07, 6.45) is 9.74. The summed E-state index contributed by atoms with van der Waals surface area (Å²) < 4.78 is 1.81. The molecule has 8 heteroatoms. The number of nitrogens with zero attached hydrogens (tertiary/aromatic N) is 4. The van der Waals surface area contributed by atoms with Gasteiger partial charge < -0.3 is 16.4 Å². The number of piperidine rings is 1. The summed E-state index contributed by atoms with van der Waals surface area (Å²) in [6, 6.07) is 9.56. The van der Waals surface area contributed by atoms with Crippen molar-refractivity contribution in [2.24, 2.45) is 11.7 Å². The molecular weight excluding hydrogens is 378 g/mol. The Morgan fingerprint density at radius 1 is 1.40 bits per heavy atom. The van der Waals surface area contributed by atoms with E-state index in [0.29, 0.717) is 18.9 Å². The number of carbonyl (C=O) groups excluding carboxylic acids is 1. The van der Waals surface area contributed by atoms with Gasteiger partial charge in [0.05, 0.1) is 5.92 Å². The van der Waals surface area contributed by atoms with Crippen molar-refractivity contribution in [3.05, 3.63) is 54.0 Å². The predicted octanol–water partition coefficient (Wildman–Crippen LogP) is 1.35. The molecule has 0 aliphatic carbocycles. The van der Waals surface area contributed by atoms with Crippen LogP contribution in [0.2, 0.25) is 0 Å². The molecule has 1 aliphatic heterocycles. The number of rotatable bonds is 5. The van der Waals surface area contributed by atoms with E-state index in [1.54, 1.807) is 7.05 Å². The van der Waals surface area contributed by atoms with Crippen LogP contribution in [0, 0.1) is 18.3 Å². The Labute approximate surface area is 175 Å². The highest BCUT2D eigenvalue weighted by Crippen LogP contribution is 2.26. The van der Waals surface area contributed by atoms with Gasteiger partial charge in [0.2, 0.25) is 5.91 Å². The maximum Gasteiger partial charge on any atom is 0.225 e. The van der Waals surface area contributed by atoms with Crippen LogP contribution in [0.15, 0.2) is 42.9 Å². The zero-order chi connectivity index (χ0) is 21.1. The van der Waals surface area contributed by atoms with Gasteiger partial charge in [-0.25, -0.2) is 9.50 Å². The van der Waals surface area contributed by atoms with Gasteiger partial charge in [-0.1, -0.05) is 12.0 Å². The topological polar surface area (TPSA) is 101 Å². The van der Waals surface area contributed by atoms with Gasteiger partial charge in [-0.2, -0.15) is 5.10 Å². The molecule has 4 rings (SSSR count). The maximum atomic E-state index is 12.2. The summed E-state index contributed by atoms with van der Waals surface area (Å²) in [5.41, 5.74) is 9.82. The number of terminal acetylenes is 1. The van der Waals surface area contributed by atoms with E-state index < -0.39 is 0 Å². The van der Waals surface area contributed by atoms with E-state index in [-0.39, 0.29) is 17.9 Å². The molecule has 0 saturated carbocycles. The monoisotopic (exact) mass is 403 g/mol. The van der Waals surface area contributed by atoms with E-state index >= 15 is 0 Å². The number of fused-ring (bicyclic) bond motifs is 1. The van der Waals surface area contributed by atoms with Crippen molar-refractivity contribution < 1.29 is 4.79 Å². The highest BCUT2D eigenvalue weighted by Gasteiger charge is 2.31. The first kappa shape index (κ1) is 19.9. The van der Waals surface area contributed by atoms with Gasteiger partial charge in [0, 0.05) is 50.2 Å². The number of nitrogens with one attached hydrogen (secondary N) is 2. The third-order valence-electron chi connectivity index (χ3n) is 5.56. The summed E-state index contributed by atoms with van der Waals surface area (Å²) in [4.78, 5) is 18.9. The molecule has 1 aromatic carbocycles. The van der Waals surface area contributed by atoms with Crippen LogP contribution < -0.4 is 16.4 Å². The Bertz CT molecular complexity index is 1100. The van der Waals surface area contributed by atoms with Gasteiger partial charge in [0.15, 0.2) is 5.82 Å². The Balaban J connectivity index is 1.59. The summed E-state index contributed by atoms with van der Waals surface area (Å²) in [7, 11) is 1.65. The van der Waals surface area contributed by atoms with Crippen molar-refractivity contribution >= 4 is 22.9 Å². The van der Waals surface area contributed by atoms with Crippen molar-refractivity contribution in [3.63, 3.8) is 0 Å². The van der Waals surface area contributed by atoms with Gasteiger partial charge in [-0.15, -0.1) is 6.42 Å². The fraction of sp³-hybridized carbons (Fsp3) is 0.318. The summed E-state index contributed by atoms with van der Waals surface area (Å²) in [5.74, 6) is 3.13. The van der Waals surface area contributed by atoms with Crippen LogP contribution in [-0.4, -0.2) is 51.6 Å². The molecule has 8 nitrogen and oxygen atoms in total. The van der Waals surface area contributed by atoms with E-state index in [1.807, 2.05) is 41.0 Å². The van der Waals surface area contributed by atoms with Crippen molar-refractivity contribution in [2.45, 2.75) is 19.0 Å². The number of hydrogen-bond donors (Lipinski definition) is 3. The first-order valence-corrected chi connectivity index (χ1v) is 9.93. The second-order valence-corrected chi connectivity index (χ2v) is 7.50. The summed E-state index contributed by atoms with van der Waals surface area (Å²) in [5, 5.41) is 10.4. The van der Waals surface area contributed by atoms with Crippen LogP contribution >= 0.6 is 0 Å². The first-order valence-electron chi connectivity index (χ1n) is 9.93. The fourth-order valence-electron chi connectivity index (χ4n) is 3.95. The number of nitrogens with two attached hydrogens (primary N) is 1. The van der Waals surface area contributed by atoms with Gasteiger partial charge >= 0.3 is 0 Å². The molecule has 0 spiro atoms. The molecule has 3 aromatic rings. The van der Waals surface area contributed by atoms with Crippen LogP contribution in [0.3, 0.4) is 0 Å². The highest BCUT2D eigenvalue weighted by atomic mass is 16.1. The molecular formula is C22H25N7O. The zero-order valence-corrected chi connectivity index (χ0v) is 16.9. The van der Waals surface area contributed by atoms with Crippen LogP contribution in [-0.2, 0) is 11.3 Å². The molecule has 0 bridgehead atoms. The van der Waals surface area contributed by atoms with E-state index in [0.717, 1.165) is 35.3 Å². The molecule has 0 radical (unpaired) electrons. The van der Waals surface area contributed by atoms with E-state index in [4.69, 9.17) is 12.2 Å². The summed E-state index contributed by atoms with van der Waals surface area (Å²) >= 11 is 0. The number of amides is 1. The van der Waals surface area contributed by atoms with Crippen molar-refractivity contribution in [1.82, 2.24) is 24.8 Å². The first-order chi connectivity index (χ1) is 14.6. The lowest BCUT2D eigenvalue weighted by atomic mass is 9.92. The number of benzene rings is 1. The molecule has 3 heterocycles. The molecule has 1 fully saturated rings. The van der Waals surface area contributed by atoms with Crippen molar-refractivity contribution in [2.75, 3.05) is 25.5 Å². The lowest BCUT2D eigenvalue weighted by Gasteiger charge is -2.35. The second-order valence-electron chi connectivity index (χ2n) is 7.50. The Morgan fingerprint density at radius 3 is 3.07 bits per heavy atom. The molecule has 2 atom stereocenters. The number of likely N-dealkylation sites (tertiary alicyclic amines) is 1. The number of hydrogen-bond acceptors (Lipinski definition) is 6. The minimum atomic E-state index is -0.210. The second kappa shape index (κ2) is 8.53. The molecule has 2 aromatic heterocycles. The van der Waals surface area contributed by atoms with E-state index in [1.165, 1.54) is 6.33 Å². The Hall–Kier alpha value is -3.41. The quantitative estimate of drug-likeness (QED) is 0.556. The van der Waals surface area contributed by atoms with E-state index in [9.17, 15) is 4.79 Å². The maximum absolute atomic E-state index is 12.2. The van der Waals surface area contributed by atoms with Crippen LogP contribution in [0.25, 0.3) is 5.52 Å². The SMILES string of the molecule is C#Cc1cccc(Nc2ncnn3ccc(CN4CC[C@@H](N)[C@H](C(=O)NC)C4)c23)c1. The van der Waals surface area contributed by atoms with Crippen LogP contribution in [0.4, 0.5) is 11.5 Å². The molecule has 1 amide bonds. The molecule has 1 saturated heterocycles. The van der Waals surface area contributed by atoms with Gasteiger partial charge in [0.1, 0.15) is 11.8 Å². The lowest BCUT2D eigenvalue weighted by molar-refractivity contribution is -0.126. The predicted molar refractivity (Wildman–Crippen MR) is 116 cm³/mol. The molecule has 30 heavy (non-hydrogen) atoms. The molecule has 1 aliphatic rings. The van der Waals surface area contributed by atoms with Gasteiger partial charge in [-0.05, 0) is 36.2 Å². The highest BCUT2D eigenvalue weighted by molar-refractivity contribution is 5.79. The average Bonchev–Trinajstić information content (AvgIpc) is 3.18. The minimum absolute atomic E-state index is 0.00646. The summed E-state index contributed by atoms with van der Waals surface area (Å²) in [6.45, 7) is 2.15. The van der Waals surface area contributed by atoms with Crippen molar-refractivity contribution in [1.29, 1.82) is 0 Å². The van der Waals surface area contributed by atoms with Gasteiger partial charge in [0.25, 0.3) is 0 Å².